The highest BCUT2D eigenvalue weighted by molar-refractivity contribution is 7.89. The van der Waals surface area contributed by atoms with E-state index in [4.69, 9.17) is 0 Å². The highest BCUT2D eigenvalue weighted by Crippen LogP contribution is 2.14. The van der Waals surface area contributed by atoms with Crippen molar-refractivity contribution >= 4 is 10.0 Å². The second-order valence-corrected chi connectivity index (χ2v) is 6.58. The smallest absolute Gasteiger partial charge is 0.240 e. The zero-order chi connectivity index (χ0) is 13.2. The Hall–Kier alpha value is -0.910. The monoisotopic (exact) mass is 268 g/mol. The molecule has 0 saturated carbocycles. The van der Waals surface area contributed by atoms with Crippen LogP contribution >= 0.6 is 0 Å². The van der Waals surface area contributed by atoms with E-state index in [-0.39, 0.29) is 6.04 Å². The van der Waals surface area contributed by atoms with Crippen LogP contribution in [0, 0.1) is 0 Å². The second-order valence-electron chi connectivity index (χ2n) is 4.87. The molecule has 2 rings (SSSR count). The molecule has 100 valence electrons. The fraction of sp³-hybridized carbons (Fsp3) is 0.538. The highest BCUT2D eigenvalue weighted by Gasteiger charge is 2.25. The predicted molar refractivity (Wildman–Crippen MR) is 72.0 cm³/mol. The Morgan fingerprint density at radius 1 is 1.33 bits per heavy atom. The number of rotatable bonds is 4. The molecule has 1 unspecified atom stereocenters. The van der Waals surface area contributed by atoms with Crippen LogP contribution in [0.25, 0.3) is 0 Å². The number of likely N-dealkylation sites (tertiary alicyclic amines) is 1. The van der Waals surface area contributed by atoms with E-state index in [9.17, 15) is 8.42 Å². The predicted octanol–water partition coefficient (Wildman–Crippen LogP) is 1.23. The minimum atomic E-state index is -3.37. The van der Waals surface area contributed by atoms with Gasteiger partial charge in [0, 0.05) is 12.6 Å². The third-order valence-corrected chi connectivity index (χ3v) is 4.89. The van der Waals surface area contributed by atoms with E-state index in [0.29, 0.717) is 4.90 Å². The number of likely N-dealkylation sites (N-methyl/N-ethyl adjacent to an activating group) is 1. The Morgan fingerprint density at radius 2 is 2.00 bits per heavy atom. The van der Waals surface area contributed by atoms with Crippen LogP contribution in [-0.2, 0) is 16.4 Å². The molecule has 0 aromatic heterocycles. The first-order valence-electron chi connectivity index (χ1n) is 6.31. The first kappa shape index (κ1) is 13.5. The first-order valence-corrected chi connectivity index (χ1v) is 7.79. The van der Waals surface area contributed by atoms with E-state index in [1.165, 1.54) is 0 Å². The maximum Gasteiger partial charge on any atom is 0.240 e. The number of sulfonamides is 1. The fourth-order valence-electron chi connectivity index (χ4n) is 2.22. The molecule has 0 amide bonds. The molecule has 0 bridgehead atoms. The third kappa shape index (κ3) is 3.10. The van der Waals surface area contributed by atoms with E-state index in [1.54, 1.807) is 12.1 Å². The van der Waals surface area contributed by atoms with Gasteiger partial charge in [-0.05, 0) is 44.1 Å². The normalized spacial score (nSPS) is 21.3. The van der Waals surface area contributed by atoms with Crippen molar-refractivity contribution in [3.63, 3.8) is 0 Å². The van der Waals surface area contributed by atoms with Crippen LogP contribution in [0.4, 0.5) is 0 Å². The quantitative estimate of drug-likeness (QED) is 0.893. The van der Waals surface area contributed by atoms with Crippen molar-refractivity contribution in [1.29, 1.82) is 0 Å². The summed E-state index contributed by atoms with van der Waals surface area (Å²) in [5.74, 6) is 0. The molecular formula is C13H20N2O2S. The van der Waals surface area contributed by atoms with Gasteiger partial charge in [-0.1, -0.05) is 19.1 Å². The third-order valence-electron chi connectivity index (χ3n) is 3.36. The van der Waals surface area contributed by atoms with Gasteiger partial charge in [-0.15, -0.1) is 0 Å². The minimum absolute atomic E-state index is 0.0332. The Morgan fingerprint density at radius 3 is 2.50 bits per heavy atom. The molecule has 1 fully saturated rings. The summed E-state index contributed by atoms with van der Waals surface area (Å²) in [7, 11) is -1.36. The average molecular weight is 268 g/mol. The van der Waals surface area contributed by atoms with Crippen LogP contribution < -0.4 is 4.72 Å². The van der Waals surface area contributed by atoms with Gasteiger partial charge in [-0.25, -0.2) is 13.1 Å². The maximum absolute atomic E-state index is 12.2. The van der Waals surface area contributed by atoms with E-state index < -0.39 is 10.0 Å². The average Bonchev–Trinajstić information content (AvgIpc) is 2.74. The van der Waals surface area contributed by atoms with E-state index >= 15 is 0 Å². The molecule has 4 nitrogen and oxygen atoms in total. The topological polar surface area (TPSA) is 49.4 Å². The van der Waals surface area contributed by atoms with Crippen molar-refractivity contribution in [2.45, 2.75) is 30.7 Å². The SMILES string of the molecule is CCc1ccc(S(=O)(=O)NC2CCN(C)C2)cc1. The summed E-state index contributed by atoms with van der Waals surface area (Å²) in [6.45, 7) is 3.78. The van der Waals surface area contributed by atoms with Crippen molar-refractivity contribution in [3.05, 3.63) is 29.8 Å². The lowest BCUT2D eigenvalue weighted by molar-refractivity contribution is 0.407. The van der Waals surface area contributed by atoms with Gasteiger partial charge in [0.15, 0.2) is 0 Å². The Labute approximate surface area is 109 Å². The summed E-state index contributed by atoms with van der Waals surface area (Å²) in [5, 5.41) is 0. The van der Waals surface area contributed by atoms with Crippen molar-refractivity contribution in [3.8, 4) is 0 Å². The molecule has 1 N–H and O–H groups in total. The van der Waals surface area contributed by atoms with E-state index in [2.05, 4.69) is 16.5 Å². The van der Waals surface area contributed by atoms with Gasteiger partial charge in [-0.3, -0.25) is 0 Å². The van der Waals surface area contributed by atoms with Crippen molar-refractivity contribution < 1.29 is 8.42 Å². The summed E-state index contributed by atoms with van der Waals surface area (Å²) in [6.07, 6.45) is 1.80. The van der Waals surface area contributed by atoms with Crippen LogP contribution in [0.1, 0.15) is 18.9 Å². The number of aryl methyl sites for hydroxylation is 1. The molecule has 0 aliphatic carbocycles. The molecular weight excluding hydrogens is 248 g/mol. The molecule has 18 heavy (non-hydrogen) atoms. The molecule has 1 aliphatic heterocycles. The summed E-state index contributed by atoms with van der Waals surface area (Å²) >= 11 is 0. The van der Waals surface area contributed by atoms with Crippen molar-refractivity contribution in [2.24, 2.45) is 0 Å². The molecule has 0 radical (unpaired) electrons. The summed E-state index contributed by atoms with van der Waals surface area (Å²) in [4.78, 5) is 2.49. The number of nitrogens with one attached hydrogen (secondary N) is 1. The number of nitrogens with zero attached hydrogens (tertiary/aromatic N) is 1. The molecule has 0 spiro atoms. The Kier molecular flexibility index (Phi) is 4.04. The molecule has 1 saturated heterocycles. The van der Waals surface area contributed by atoms with Gasteiger partial charge in [0.25, 0.3) is 0 Å². The second kappa shape index (κ2) is 5.38. The fourth-order valence-corrected chi connectivity index (χ4v) is 3.48. The molecule has 1 atom stereocenters. The van der Waals surface area contributed by atoms with Gasteiger partial charge < -0.3 is 4.90 Å². The zero-order valence-corrected chi connectivity index (χ0v) is 11.7. The van der Waals surface area contributed by atoms with Gasteiger partial charge in [0.2, 0.25) is 10.0 Å². The summed E-state index contributed by atoms with van der Waals surface area (Å²) in [5.41, 5.74) is 1.15. The molecule has 1 aromatic rings. The molecule has 1 aliphatic rings. The lowest BCUT2D eigenvalue weighted by atomic mass is 10.2. The first-order chi connectivity index (χ1) is 8.51. The largest absolute Gasteiger partial charge is 0.305 e. The minimum Gasteiger partial charge on any atom is -0.305 e. The van der Waals surface area contributed by atoms with Crippen LogP contribution in [0.5, 0.6) is 0 Å². The molecule has 1 heterocycles. The molecule has 1 aromatic carbocycles. The van der Waals surface area contributed by atoms with E-state index in [1.807, 2.05) is 19.2 Å². The van der Waals surface area contributed by atoms with Crippen LogP contribution in [0.2, 0.25) is 0 Å². The number of hydrogen-bond acceptors (Lipinski definition) is 3. The van der Waals surface area contributed by atoms with Gasteiger partial charge in [0.05, 0.1) is 4.90 Å². The van der Waals surface area contributed by atoms with Crippen LogP contribution in [-0.4, -0.2) is 39.5 Å². The maximum atomic E-state index is 12.2. The molecule has 5 heteroatoms. The van der Waals surface area contributed by atoms with E-state index in [0.717, 1.165) is 31.5 Å². The van der Waals surface area contributed by atoms with Gasteiger partial charge in [0.1, 0.15) is 0 Å². The summed E-state index contributed by atoms with van der Waals surface area (Å²) in [6, 6.07) is 7.13. The summed E-state index contributed by atoms with van der Waals surface area (Å²) < 4.78 is 27.1. The Bertz CT molecular complexity index is 496. The highest BCUT2D eigenvalue weighted by atomic mass is 32.2. The standard InChI is InChI=1S/C13H20N2O2S/c1-3-11-4-6-13(7-5-11)18(16,17)14-12-8-9-15(2)10-12/h4-7,12,14H,3,8-10H2,1-2H3. The Balaban J connectivity index is 2.10. The zero-order valence-electron chi connectivity index (χ0n) is 10.9. The number of hydrogen-bond donors (Lipinski definition) is 1. The van der Waals surface area contributed by atoms with Gasteiger partial charge in [-0.2, -0.15) is 0 Å². The van der Waals surface area contributed by atoms with Crippen LogP contribution in [0.3, 0.4) is 0 Å². The van der Waals surface area contributed by atoms with Crippen molar-refractivity contribution in [2.75, 3.05) is 20.1 Å². The van der Waals surface area contributed by atoms with Crippen molar-refractivity contribution in [1.82, 2.24) is 9.62 Å². The lowest BCUT2D eigenvalue weighted by Gasteiger charge is -2.13. The van der Waals surface area contributed by atoms with Gasteiger partial charge >= 0.3 is 0 Å². The lowest BCUT2D eigenvalue weighted by Crippen LogP contribution is -2.36. The number of benzene rings is 1. The van der Waals surface area contributed by atoms with Crippen LogP contribution in [0.15, 0.2) is 29.2 Å².